The number of hydrogen-bond acceptors (Lipinski definition) is 4. The molecule has 0 aliphatic carbocycles. The number of hydrogen-bond donors (Lipinski definition) is 1. The number of likely N-dealkylation sites (N-methyl/N-ethyl adjacent to an activating group) is 1. The molecule has 2 aliphatic heterocycles. The lowest BCUT2D eigenvalue weighted by atomic mass is 9.83. The molecule has 39 heavy (non-hydrogen) atoms. The van der Waals surface area contributed by atoms with Crippen molar-refractivity contribution in [3.05, 3.63) is 101 Å². The molecule has 0 saturated carbocycles. The van der Waals surface area contributed by atoms with E-state index in [1.165, 1.54) is 16.8 Å². The molecule has 2 heterocycles. The van der Waals surface area contributed by atoms with Crippen LogP contribution in [0.3, 0.4) is 0 Å². The van der Waals surface area contributed by atoms with Crippen LogP contribution in [0, 0.1) is 0 Å². The van der Waals surface area contributed by atoms with Crippen LogP contribution in [0.1, 0.15) is 57.5 Å². The van der Waals surface area contributed by atoms with Crippen molar-refractivity contribution >= 4 is 34.1 Å². The molecule has 0 spiro atoms. The topological polar surface area (TPSA) is 77.9 Å². The van der Waals surface area contributed by atoms with Crippen LogP contribution in [0.4, 0.5) is 0 Å². The number of aliphatic hydroxyl groups is 1. The Kier molecular flexibility index (Phi) is 5.74. The number of carbonyl (C=O) groups excluding carboxylic acids is 3. The summed E-state index contributed by atoms with van der Waals surface area (Å²) in [7, 11) is 3.13. The first-order valence-electron chi connectivity index (χ1n) is 13.0. The molecule has 0 saturated heterocycles. The van der Waals surface area contributed by atoms with Crippen molar-refractivity contribution in [2.45, 2.75) is 26.5 Å². The molecule has 4 aromatic carbocycles. The van der Waals surface area contributed by atoms with Gasteiger partial charge in [-0.05, 0) is 58.7 Å². The summed E-state index contributed by atoms with van der Waals surface area (Å²) < 4.78 is 0. The van der Waals surface area contributed by atoms with Crippen LogP contribution in [0.5, 0.6) is 0 Å². The van der Waals surface area contributed by atoms with Gasteiger partial charge in [-0.1, -0.05) is 67.6 Å². The fourth-order valence-electron chi connectivity index (χ4n) is 6.02. The Bertz CT molecular complexity index is 1750. The summed E-state index contributed by atoms with van der Waals surface area (Å²) in [6.45, 7) is 3.86. The smallest absolute Gasteiger partial charge is 0.261 e. The molecule has 6 heteroatoms. The molecule has 1 unspecified atom stereocenters. The molecule has 2 aliphatic rings. The second-order valence-electron chi connectivity index (χ2n) is 10.0. The van der Waals surface area contributed by atoms with Crippen molar-refractivity contribution in [1.82, 2.24) is 9.80 Å². The molecule has 0 aromatic heterocycles. The highest BCUT2D eigenvalue weighted by molar-refractivity contribution is 6.31. The first-order valence-corrected chi connectivity index (χ1v) is 13.0. The van der Waals surface area contributed by atoms with Crippen molar-refractivity contribution < 1.29 is 19.5 Å². The standard InChI is InChI=1S/C33H28N2O4/c1-5-20-22(14-16-26-28(20)21(6-2)30(36)34(3)32(26)38)18-10-12-19(13-11-18)23-15-17-27-29-24(23)8-7-9-25(29)31(37)35(4)33(27)39/h6-17,31,37H,5H2,1-4H3/b21-6+. The Balaban J connectivity index is 1.47. The van der Waals surface area contributed by atoms with Gasteiger partial charge < -0.3 is 10.0 Å². The first-order chi connectivity index (χ1) is 18.8. The van der Waals surface area contributed by atoms with Crippen molar-refractivity contribution in [2.24, 2.45) is 0 Å². The summed E-state index contributed by atoms with van der Waals surface area (Å²) in [6.07, 6.45) is 1.47. The minimum absolute atomic E-state index is 0.198. The van der Waals surface area contributed by atoms with Gasteiger partial charge in [-0.15, -0.1) is 0 Å². The quantitative estimate of drug-likeness (QED) is 0.275. The number of aliphatic hydroxyl groups excluding tert-OH is 1. The van der Waals surface area contributed by atoms with Crippen molar-refractivity contribution in [2.75, 3.05) is 14.1 Å². The maximum atomic E-state index is 12.9. The number of amides is 3. The Morgan fingerprint density at radius 1 is 0.769 bits per heavy atom. The van der Waals surface area contributed by atoms with Gasteiger partial charge in [-0.2, -0.15) is 0 Å². The van der Waals surface area contributed by atoms with E-state index >= 15 is 0 Å². The summed E-state index contributed by atoms with van der Waals surface area (Å²) in [5, 5.41) is 12.4. The van der Waals surface area contributed by atoms with Crippen LogP contribution in [0.25, 0.3) is 38.6 Å². The van der Waals surface area contributed by atoms with E-state index in [0.29, 0.717) is 23.1 Å². The van der Waals surface area contributed by atoms with E-state index < -0.39 is 6.23 Å². The highest BCUT2D eigenvalue weighted by Crippen LogP contribution is 2.41. The van der Waals surface area contributed by atoms with Gasteiger partial charge in [0, 0.05) is 47.3 Å². The molecular weight excluding hydrogens is 488 g/mol. The summed E-state index contributed by atoms with van der Waals surface area (Å²) in [6, 6.07) is 21.5. The highest BCUT2D eigenvalue weighted by atomic mass is 16.3. The minimum Gasteiger partial charge on any atom is -0.369 e. The van der Waals surface area contributed by atoms with E-state index in [4.69, 9.17) is 0 Å². The zero-order chi connectivity index (χ0) is 27.6. The second kappa shape index (κ2) is 9.03. The molecule has 3 amide bonds. The van der Waals surface area contributed by atoms with Gasteiger partial charge in [0.2, 0.25) is 0 Å². The lowest BCUT2D eigenvalue weighted by molar-refractivity contribution is -0.121. The van der Waals surface area contributed by atoms with Crippen LogP contribution in [-0.4, -0.2) is 46.7 Å². The zero-order valence-corrected chi connectivity index (χ0v) is 22.3. The number of imide groups is 1. The van der Waals surface area contributed by atoms with E-state index in [9.17, 15) is 19.5 Å². The van der Waals surface area contributed by atoms with Crippen LogP contribution in [0.2, 0.25) is 0 Å². The van der Waals surface area contributed by atoms with E-state index in [2.05, 4.69) is 0 Å². The summed E-state index contributed by atoms with van der Waals surface area (Å²) >= 11 is 0. The minimum atomic E-state index is -0.983. The third-order valence-electron chi connectivity index (χ3n) is 8.07. The van der Waals surface area contributed by atoms with Gasteiger partial charge in [0.1, 0.15) is 0 Å². The highest BCUT2D eigenvalue weighted by Gasteiger charge is 2.34. The maximum Gasteiger partial charge on any atom is 0.261 e. The van der Waals surface area contributed by atoms with Gasteiger partial charge in [0.25, 0.3) is 17.7 Å². The molecule has 0 radical (unpaired) electrons. The molecular formula is C33H28N2O4. The van der Waals surface area contributed by atoms with E-state index in [-0.39, 0.29) is 17.7 Å². The number of benzene rings is 4. The van der Waals surface area contributed by atoms with Crippen LogP contribution in [-0.2, 0) is 11.2 Å². The number of rotatable bonds is 3. The summed E-state index contributed by atoms with van der Waals surface area (Å²) in [5.41, 5.74) is 8.05. The lowest BCUT2D eigenvalue weighted by Gasteiger charge is -2.31. The molecule has 1 N–H and O–H groups in total. The fraction of sp³-hybridized carbons (Fsp3) is 0.182. The Hall–Kier alpha value is -4.55. The molecule has 4 aromatic rings. The second-order valence-corrected chi connectivity index (χ2v) is 10.0. The van der Waals surface area contributed by atoms with E-state index in [0.717, 1.165) is 49.7 Å². The SMILES string of the molecule is C/C=C1/C(=O)N(C)C(=O)c2ccc(-c3ccc(-c4ccc5c6c(cccc46)C(O)N(C)C5=O)cc3)c(CC)c21. The van der Waals surface area contributed by atoms with E-state index in [1.54, 1.807) is 13.1 Å². The average Bonchev–Trinajstić information content (AvgIpc) is 2.97. The van der Waals surface area contributed by atoms with Crippen molar-refractivity contribution in [3.8, 4) is 22.3 Å². The van der Waals surface area contributed by atoms with Crippen molar-refractivity contribution in [1.29, 1.82) is 0 Å². The third-order valence-corrected chi connectivity index (χ3v) is 8.07. The van der Waals surface area contributed by atoms with E-state index in [1.807, 2.05) is 80.6 Å². The number of nitrogens with zero attached hydrogens (tertiary/aromatic N) is 2. The Morgan fingerprint density at radius 3 is 2.05 bits per heavy atom. The molecule has 1 atom stereocenters. The number of carbonyl (C=O) groups is 3. The predicted octanol–water partition coefficient (Wildman–Crippen LogP) is 5.83. The summed E-state index contributed by atoms with van der Waals surface area (Å²) in [4.78, 5) is 41.1. The van der Waals surface area contributed by atoms with Gasteiger partial charge >= 0.3 is 0 Å². The Morgan fingerprint density at radius 2 is 1.38 bits per heavy atom. The third kappa shape index (κ3) is 3.48. The molecule has 6 nitrogen and oxygen atoms in total. The normalized spacial score (nSPS) is 17.8. The largest absolute Gasteiger partial charge is 0.369 e. The lowest BCUT2D eigenvalue weighted by Crippen LogP contribution is -2.39. The average molecular weight is 517 g/mol. The molecule has 194 valence electrons. The molecule has 6 rings (SSSR count). The predicted molar refractivity (Wildman–Crippen MR) is 152 cm³/mol. The van der Waals surface area contributed by atoms with Gasteiger partial charge in [0.05, 0.1) is 0 Å². The summed E-state index contributed by atoms with van der Waals surface area (Å²) in [5.74, 6) is -0.763. The molecule has 0 bridgehead atoms. The number of allylic oxidation sites excluding steroid dienone is 1. The van der Waals surface area contributed by atoms with Gasteiger partial charge in [0.15, 0.2) is 6.23 Å². The number of fused-ring (bicyclic) bond motifs is 1. The van der Waals surface area contributed by atoms with Crippen LogP contribution < -0.4 is 0 Å². The molecule has 0 fully saturated rings. The van der Waals surface area contributed by atoms with Gasteiger partial charge in [-0.25, -0.2) is 0 Å². The van der Waals surface area contributed by atoms with Gasteiger partial charge in [-0.3, -0.25) is 19.3 Å². The van der Waals surface area contributed by atoms with Crippen molar-refractivity contribution in [3.63, 3.8) is 0 Å². The zero-order valence-electron chi connectivity index (χ0n) is 22.3. The first kappa shape index (κ1) is 24.8. The monoisotopic (exact) mass is 516 g/mol. The Labute approximate surface area is 226 Å². The maximum absolute atomic E-state index is 12.9. The van der Waals surface area contributed by atoms with Crippen LogP contribution >= 0.6 is 0 Å². The fourth-order valence-corrected chi connectivity index (χ4v) is 6.02. The van der Waals surface area contributed by atoms with Crippen LogP contribution in [0.15, 0.2) is 72.8 Å².